The van der Waals surface area contributed by atoms with E-state index < -0.39 is 35.2 Å². The minimum absolute atomic E-state index is 0. The van der Waals surface area contributed by atoms with Gasteiger partial charge in [-0.05, 0) is 61.8 Å². The Balaban J connectivity index is 0.000000352. The molecule has 3 aromatic rings. The number of hydrogen-bond acceptors (Lipinski definition) is 6. The second-order valence-corrected chi connectivity index (χ2v) is 12.0. The smallest absolute Gasteiger partial charge is 0.417 e. The first kappa shape index (κ1) is 48.5. The van der Waals surface area contributed by atoms with Crippen molar-refractivity contribution in [2.45, 2.75) is 56.8 Å². The minimum atomic E-state index is -4.34. The first-order valence-electron chi connectivity index (χ1n) is 15.2. The molecule has 0 unspecified atom stereocenters. The molecule has 0 bridgehead atoms. The molecule has 3 saturated heterocycles. The first-order valence-corrected chi connectivity index (χ1v) is 15.6. The Hall–Kier alpha value is -0.527. The third-order valence-corrected chi connectivity index (χ3v) is 7.75. The van der Waals surface area contributed by atoms with E-state index in [2.05, 4.69) is 27.2 Å². The van der Waals surface area contributed by atoms with E-state index in [1.54, 1.807) is 0 Å². The molecule has 0 aliphatic carbocycles. The molecule has 3 atom stereocenters. The van der Waals surface area contributed by atoms with Crippen molar-refractivity contribution in [2.75, 3.05) is 49.1 Å². The van der Waals surface area contributed by atoms with Crippen LogP contribution in [0.5, 0.6) is 0 Å². The predicted octanol–water partition coefficient (Wildman–Crippen LogP) is 8.83. The van der Waals surface area contributed by atoms with Gasteiger partial charge < -0.3 is 26.6 Å². The molecule has 6 rings (SSSR count). The summed E-state index contributed by atoms with van der Waals surface area (Å²) < 4.78 is 109. The van der Waals surface area contributed by atoms with E-state index >= 15 is 0 Å². The number of anilines is 2. The van der Waals surface area contributed by atoms with E-state index in [9.17, 15) is 39.5 Å². The number of nitrogens with one attached hydrogen (secondary N) is 3. The average Bonchev–Trinajstić information content (AvgIpc) is 3.80. The van der Waals surface area contributed by atoms with Crippen molar-refractivity contribution in [1.29, 1.82) is 0 Å². The quantitative estimate of drug-likeness (QED) is 0.203. The van der Waals surface area contributed by atoms with Gasteiger partial charge in [-0.3, -0.25) is 0 Å². The SMILES string of the molecule is C[C@H]1CCN(c2ccc(C(F)(F)F)cn2)C1.FC(F)(F)c1ccc(Cl)nc1.[Ac].[Ac].[NH-][C@H]1CCN(c2ccc(C(F)(F)F)cn2)C1.[NH-][C@H]1CCNC1. The van der Waals surface area contributed by atoms with Crippen LogP contribution in [0.1, 0.15) is 42.9 Å². The molecule has 6 heterocycles. The Morgan fingerprint density at radius 1 is 0.647 bits per heavy atom. The van der Waals surface area contributed by atoms with Crippen LogP contribution < -0.4 is 15.1 Å². The summed E-state index contributed by atoms with van der Waals surface area (Å²) >= 11 is 5.28. The monoisotopic (exact) mass is 1180 g/mol. The number of alkyl halides is 9. The summed E-state index contributed by atoms with van der Waals surface area (Å²) in [6, 6.07) is 6.93. The molecule has 3 fully saturated rings. The van der Waals surface area contributed by atoms with Crippen molar-refractivity contribution in [2.24, 2.45) is 5.92 Å². The summed E-state index contributed by atoms with van der Waals surface area (Å²) in [6.45, 7) is 7.06. The van der Waals surface area contributed by atoms with Gasteiger partial charge in [-0.25, -0.2) is 15.0 Å². The van der Waals surface area contributed by atoms with Crippen LogP contribution in [-0.4, -0.2) is 66.3 Å². The third-order valence-electron chi connectivity index (χ3n) is 7.53. The number of halogens is 10. The van der Waals surface area contributed by atoms with Crippen molar-refractivity contribution in [3.8, 4) is 0 Å². The summed E-state index contributed by atoms with van der Waals surface area (Å²) in [4.78, 5) is 14.8. The second kappa shape index (κ2) is 22.1. The average molecular weight is 1180 g/mol. The van der Waals surface area contributed by atoms with E-state index in [-0.39, 0.29) is 105 Å². The van der Waals surface area contributed by atoms with Crippen LogP contribution in [0.25, 0.3) is 11.5 Å². The molecule has 3 aliphatic heterocycles. The molecule has 0 spiro atoms. The topological polar surface area (TPSA) is 105 Å². The van der Waals surface area contributed by atoms with Crippen LogP contribution in [0.4, 0.5) is 51.1 Å². The van der Waals surface area contributed by atoms with Gasteiger partial charge in [-0.15, -0.1) is 12.1 Å². The minimum Gasteiger partial charge on any atom is -0.674 e. The fourth-order valence-electron chi connectivity index (χ4n) is 4.79. The molecule has 2 radical (unpaired) electrons. The van der Waals surface area contributed by atoms with Crippen LogP contribution in [-0.2, 0) is 18.5 Å². The van der Waals surface area contributed by atoms with E-state index in [0.717, 1.165) is 82.1 Å². The normalized spacial score (nSPS) is 20.1. The Labute approximate surface area is 367 Å². The van der Waals surface area contributed by atoms with E-state index in [1.807, 2.05) is 9.80 Å². The van der Waals surface area contributed by atoms with Gasteiger partial charge in [0.05, 0.1) is 16.7 Å². The predicted molar refractivity (Wildman–Crippen MR) is 169 cm³/mol. The van der Waals surface area contributed by atoms with Crippen LogP contribution in [0.3, 0.4) is 0 Å². The van der Waals surface area contributed by atoms with Gasteiger partial charge in [0.2, 0.25) is 0 Å². The number of hydrogen-bond donors (Lipinski definition) is 1. The van der Waals surface area contributed by atoms with Gasteiger partial charge in [0.25, 0.3) is 0 Å². The number of pyridine rings is 3. The zero-order chi connectivity index (χ0) is 36.4. The van der Waals surface area contributed by atoms with Gasteiger partial charge in [0.1, 0.15) is 16.8 Å². The molecule has 20 heteroatoms. The molecule has 278 valence electrons. The number of rotatable bonds is 2. The van der Waals surface area contributed by atoms with Gasteiger partial charge >= 0.3 is 18.5 Å². The molecule has 51 heavy (non-hydrogen) atoms. The molecule has 3 aromatic heterocycles. The fraction of sp³-hybridized carbons (Fsp3) is 0.516. The molecule has 0 aromatic carbocycles. The maximum Gasteiger partial charge on any atom is 0.417 e. The standard InChI is InChI=1S/C11H13F3N2.C10H11F3N3.C6H3ClF3N.C4H9N2.2Ac/c1-8-4-5-16(7-8)10-3-2-9(6-15-10)11(12,13)14;11-10(12,13)7-1-2-9(15-5-7)16-4-3-8(14)6-16;7-5-2-1-4(3-11-5)6(8,9)10;5-4-1-2-6-3-4;;/h2-3,6,8H,4-5,7H2,1H3;1-2,5,8,14H,3-4,6H2;1-3H;4-6H,1-3H2;;/q;-1;;-1;;/t2*8-;;4-;;/m00.0../s1. The first-order chi connectivity index (χ1) is 22.8. The summed E-state index contributed by atoms with van der Waals surface area (Å²) in [6.07, 6.45) is -7.69. The largest absolute Gasteiger partial charge is 0.674 e. The molecular formula is C31H36Ac2ClF9N8-2. The summed E-state index contributed by atoms with van der Waals surface area (Å²) in [5.74, 6) is 1.74. The zero-order valence-corrected chi connectivity index (χ0v) is 37.7. The molecule has 8 nitrogen and oxygen atoms in total. The van der Waals surface area contributed by atoms with E-state index in [0.29, 0.717) is 36.8 Å². The molecular weight excluding hydrogens is 1140 g/mol. The Morgan fingerprint density at radius 3 is 1.37 bits per heavy atom. The zero-order valence-electron chi connectivity index (χ0n) is 27.5. The number of nitrogens with zero attached hydrogens (tertiary/aromatic N) is 5. The summed E-state index contributed by atoms with van der Waals surface area (Å²) in [5.41, 5.74) is 12.4. The van der Waals surface area contributed by atoms with Gasteiger partial charge in [-0.2, -0.15) is 39.5 Å². The van der Waals surface area contributed by atoms with Crippen molar-refractivity contribution < 1.29 is 128 Å². The molecule has 3 aliphatic rings. The van der Waals surface area contributed by atoms with Crippen LogP contribution in [0.2, 0.25) is 5.15 Å². The van der Waals surface area contributed by atoms with E-state index in [4.69, 9.17) is 23.1 Å². The molecule has 0 amide bonds. The van der Waals surface area contributed by atoms with Gasteiger partial charge in [-0.1, -0.05) is 31.4 Å². The maximum absolute atomic E-state index is 12.3. The maximum atomic E-state index is 12.3. The third kappa shape index (κ3) is 17.2. The van der Waals surface area contributed by atoms with Crippen LogP contribution in [0, 0.1) is 94.0 Å². The van der Waals surface area contributed by atoms with Crippen molar-refractivity contribution in [3.05, 3.63) is 88.3 Å². The van der Waals surface area contributed by atoms with Crippen molar-refractivity contribution in [1.82, 2.24) is 20.3 Å². The fourth-order valence-corrected chi connectivity index (χ4v) is 4.90. The summed E-state index contributed by atoms with van der Waals surface area (Å²) in [5, 5.41) is 3.14. The van der Waals surface area contributed by atoms with Crippen molar-refractivity contribution >= 4 is 23.2 Å². The van der Waals surface area contributed by atoms with Crippen molar-refractivity contribution in [3.63, 3.8) is 0 Å². The van der Waals surface area contributed by atoms with Crippen LogP contribution >= 0.6 is 11.6 Å². The van der Waals surface area contributed by atoms with E-state index in [1.165, 1.54) is 12.1 Å². The second-order valence-electron chi connectivity index (χ2n) is 11.6. The molecule has 3 N–H and O–H groups in total. The molecule has 0 saturated carbocycles. The Bertz CT molecular complexity index is 1340. The Morgan fingerprint density at radius 2 is 1.10 bits per heavy atom. The van der Waals surface area contributed by atoms with Crippen LogP contribution in [0.15, 0.2) is 55.0 Å². The van der Waals surface area contributed by atoms with Gasteiger partial charge in [0.15, 0.2) is 0 Å². The number of aromatic nitrogens is 3. The summed E-state index contributed by atoms with van der Waals surface area (Å²) in [7, 11) is 0. The Kier molecular flexibility index (Phi) is 21.0. The van der Waals surface area contributed by atoms with Gasteiger partial charge in [0, 0.05) is 133 Å².